The number of nitrogens with one attached hydrogen (secondary N) is 3. The molecule has 0 heterocycles. The van der Waals surface area contributed by atoms with E-state index in [1.165, 1.54) is 6.92 Å². The summed E-state index contributed by atoms with van der Waals surface area (Å²) in [7, 11) is 0. The Bertz CT molecular complexity index is 955. The van der Waals surface area contributed by atoms with Gasteiger partial charge in [-0.15, -0.1) is 0 Å². The lowest BCUT2D eigenvalue weighted by atomic mass is 10.0. The van der Waals surface area contributed by atoms with Crippen LogP contribution in [0.2, 0.25) is 0 Å². The minimum atomic E-state index is -1.60. The normalized spacial score (nSPS) is 14.9. The van der Waals surface area contributed by atoms with Crippen LogP contribution in [-0.4, -0.2) is 76.0 Å². The lowest BCUT2D eigenvalue weighted by Crippen LogP contribution is -2.60. The number of hydrogen-bond donors (Lipinski definition) is 8. The first-order chi connectivity index (χ1) is 16.8. The Morgan fingerprint density at radius 3 is 1.94 bits per heavy atom. The highest BCUT2D eigenvalue weighted by Gasteiger charge is 2.32. The number of carboxylic acid groups (broad SMARTS) is 1. The van der Waals surface area contributed by atoms with E-state index in [1.54, 1.807) is 30.3 Å². The zero-order valence-corrected chi connectivity index (χ0v) is 19.7. The second kappa shape index (κ2) is 14.4. The number of nitrogens with two attached hydrogens (primary N) is 3. The molecule has 0 aliphatic rings. The van der Waals surface area contributed by atoms with E-state index >= 15 is 0 Å². The molecule has 36 heavy (non-hydrogen) atoms. The van der Waals surface area contributed by atoms with Crippen molar-refractivity contribution in [3.8, 4) is 0 Å². The number of carboxylic acids is 1. The van der Waals surface area contributed by atoms with E-state index in [1.807, 2.05) is 0 Å². The molecule has 14 heteroatoms. The largest absolute Gasteiger partial charge is 0.480 e. The van der Waals surface area contributed by atoms with Crippen molar-refractivity contribution in [1.82, 2.24) is 16.0 Å². The number of aliphatic hydroxyl groups excluding tert-OH is 1. The number of benzene rings is 1. The number of primary amides is 2. The number of carbonyl (C=O) groups is 6. The van der Waals surface area contributed by atoms with Gasteiger partial charge < -0.3 is 43.4 Å². The Morgan fingerprint density at radius 2 is 1.44 bits per heavy atom. The van der Waals surface area contributed by atoms with Gasteiger partial charge in [0.2, 0.25) is 29.5 Å². The van der Waals surface area contributed by atoms with Crippen LogP contribution >= 0.6 is 0 Å². The third-order valence-electron chi connectivity index (χ3n) is 5.03. The molecule has 0 spiro atoms. The van der Waals surface area contributed by atoms with Crippen molar-refractivity contribution in [3.05, 3.63) is 35.9 Å². The van der Waals surface area contributed by atoms with Gasteiger partial charge in [-0.2, -0.15) is 0 Å². The van der Waals surface area contributed by atoms with Crippen LogP contribution in [0.15, 0.2) is 30.3 Å². The van der Waals surface area contributed by atoms with Crippen molar-refractivity contribution >= 4 is 35.5 Å². The van der Waals surface area contributed by atoms with Gasteiger partial charge >= 0.3 is 5.97 Å². The molecule has 198 valence electrons. The molecule has 0 bridgehead atoms. The summed E-state index contributed by atoms with van der Waals surface area (Å²) in [5.41, 5.74) is 16.3. The Labute approximate surface area is 206 Å². The Morgan fingerprint density at radius 1 is 0.861 bits per heavy atom. The SMILES string of the molecule is CC(O)C(NC(=O)C(N)CC(N)=O)C(=O)NC(CCC(N)=O)C(=O)NC(Cc1ccccc1)C(=O)O. The average molecular weight is 509 g/mol. The van der Waals surface area contributed by atoms with E-state index < -0.39 is 72.2 Å². The molecule has 0 radical (unpaired) electrons. The van der Waals surface area contributed by atoms with Gasteiger partial charge in [-0.3, -0.25) is 24.0 Å². The maximum Gasteiger partial charge on any atom is 0.326 e. The van der Waals surface area contributed by atoms with Crippen LogP contribution in [0.5, 0.6) is 0 Å². The molecule has 14 nitrogen and oxygen atoms in total. The zero-order valence-electron chi connectivity index (χ0n) is 19.7. The molecule has 0 aromatic heterocycles. The van der Waals surface area contributed by atoms with E-state index in [2.05, 4.69) is 16.0 Å². The molecule has 0 saturated carbocycles. The first-order valence-corrected chi connectivity index (χ1v) is 11.0. The van der Waals surface area contributed by atoms with Gasteiger partial charge in [-0.1, -0.05) is 30.3 Å². The van der Waals surface area contributed by atoms with Crippen LogP contribution in [0.1, 0.15) is 31.7 Å². The number of aliphatic hydroxyl groups is 1. The van der Waals surface area contributed by atoms with Gasteiger partial charge in [0.05, 0.1) is 18.6 Å². The Balaban J connectivity index is 3.01. The van der Waals surface area contributed by atoms with Crippen molar-refractivity contribution in [3.63, 3.8) is 0 Å². The van der Waals surface area contributed by atoms with E-state index in [0.717, 1.165) is 0 Å². The first kappa shape index (κ1) is 30.0. The first-order valence-electron chi connectivity index (χ1n) is 11.0. The Hall–Kier alpha value is -4.04. The number of aliphatic carboxylic acids is 1. The molecular formula is C22H32N6O8. The molecule has 5 unspecified atom stereocenters. The summed E-state index contributed by atoms with van der Waals surface area (Å²) in [4.78, 5) is 71.8. The predicted octanol–water partition coefficient (Wildman–Crippen LogP) is -3.38. The van der Waals surface area contributed by atoms with Crippen molar-refractivity contribution < 1.29 is 39.0 Å². The second-order valence-electron chi connectivity index (χ2n) is 8.16. The number of amides is 5. The maximum atomic E-state index is 12.9. The molecule has 0 aliphatic carbocycles. The molecule has 11 N–H and O–H groups in total. The number of carbonyl (C=O) groups excluding carboxylic acids is 5. The molecule has 0 fully saturated rings. The summed E-state index contributed by atoms with van der Waals surface area (Å²) in [6.07, 6.45) is -2.64. The summed E-state index contributed by atoms with van der Waals surface area (Å²) in [5, 5.41) is 26.3. The van der Waals surface area contributed by atoms with Crippen LogP contribution in [0.25, 0.3) is 0 Å². The number of rotatable bonds is 15. The average Bonchev–Trinajstić information content (AvgIpc) is 2.78. The fraction of sp³-hybridized carbons (Fsp3) is 0.455. The standard InChI is InChI=1S/C22H32N6O8/c1-11(29)18(28-19(32)13(23)10-17(25)31)21(34)26-14(7-8-16(24)30)20(33)27-15(22(35)36)9-12-5-3-2-4-6-12/h2-6,11,13-15,18,29H,7-10,23H2,1H3,(H2,24,30)(H2,25,31)(H,26,34)(H,27,33)(H,28,32)(H,35,36). The summed E-state index contributed by atoms with van der Waals surface area (Å²) >= 11 is 0. The molecule has 0 saturated heterocycles. The summed E-state index contributed by atoms with van der Waals surface area (Å²) in [5.74, 6) is -5.87. The van der Waals surface area contributed by atoms with Crippen molar-refractivity contribution in [2.24, 2.45) is 17.2 Å². The highest BCUT2D eigenvalue weighted by Crippen LogP contribution is 2.06. The minimum Gasteiger partial charge on any atom is -0.480 e. The smallest absolute Gasteiger partial charge is 0.326 e. The van der Waals surface area contributed by atoms with Crippen LogP contribution in [-0.2, 0) is 35.2 Å². The third kappa shape index (κ3) is 10.5. The lowest BCUT2D eigenvalue weighted by molar-refractivity contribution is -0.142. The maximum absolute atomic E-state index is 12.9. The van der Waals surface area contributed by atoms with E-state index in [-0.39, 0.29) is 19.3 Å². The van der Waals surface area contributed by atoms with E-state index in [0.29, 0.717) is 5.56 Å². The monoisotopic (exact) mass is 508 g/mol. The Kier molecular flexibility index (Phi) is 12.0. The van der Waals surface area contributed by atoms with Crippen LogP contribution in [0.3, 0.4) is 0 Å². The fourth-order valence-corrected chi connectivity index (χ4v) is 3.11. The van der Waals surface area contributed by atoms with Crippen LogP contribution in [0, 0.1) is 0 Å². The van der Waals surface area contributed by atoms with E-state index in [4.69, 9.17) is 17.2 Å². The molecule has 1 aromatic rings. The summed E-state index contributed by atoms with van der Waals surface area (Å²) in [6.45, 7) is 1.18. The number of hydrogen-bond acceptors (Lipinski definition) is 8. The zero-order chi connectivity index (χ0) is 27.4. The molecule has 5 amide bonds. The van der Waals surface area contributed by atoms with Gasteiger partial charge in [0.25, 0.3) is 0 Å². The third-order valence-corrected chi connectivity index (χ3v) is 5.03. The van der Waals surface area contributed by atoms with Crippen LogP contribution < -0.4 is 33.2 Å². The predicted molar refractivity (Wildman–Crippen MR) is 125 cm³/mol. The molecule has 5 atom stereocenters. The quantitative estimate of drug-likeness (QED) is 0.117. The van der Waals surface area contributed by atoms with Gasteiger partial charge in [-0.25, -0.2) is 4.79 Å². The summed E-state index contributed by atoms with van der Waals surface area (Å²) < 4.78 is 0. The van der Waals surface area contributed by atoms with Crippen molar-refractivity contribution in [2.45, 2.75) is 62.9 Å². The van der Waals surface area contributed by atoms with Crippen molar-refractivity contribution in [1.29, 1.82) is 0 Å². The van der Waals surface area contributed by atoms with Gasteiger partial charge in [0.15, 0.2) is 0 Å². The van der Waals surface area contributed by atoms with Gasteiger partial charge in [0, 0.05) is 12.8 Å². The topological polar surface area (TPSA) is 257 Å². The molecule has 1 aromatic carbocycles. The second-order valence-corrected chi connectivity index (χ2v) is 8.16. The minimum absolute atomic E-state index is 0.0531. The van der Waals surface area contributed by atoms with Gasteiger partial charge in [0.1, 0.15) is 18.1 Å². The highest BCUT2D eigenvalue weighted by atomic mass is 16.4. The molecule has 0 aliphatic heterocycles. The molecule has 1 rings (SSSR count). The highest BCUT2D eigenvalue weighted by molar-refractivity contribution is 5.95. The molecular weight excluding hydrogens is 476 g/mol. The van der Waals surface area contributed by atoms with Crippen molar-refractivity contribution in [2.75, 3.05) is 0 Å². The lowest BCUT2D eigenvalue weighted by Gasteiger charge is -2.26. The van der Waals surface area contributed by atoms with Crippen LogP contribution in [0.4, 0.5) is 0 Å². The van der Waals surface area contributed by atoms with E-state index in [9.17, 15) is 39.0 Å². The fourth-order valence-electron chi connectivity index (χ4n) is 3.11. The van der Waals surface area contributed by atoms with Gasteiger partial charge in [-0.05, 0) is 18.9 Å². The summed E-state index contributed by atoms with van der Waals surface area (Å²) in [6, 6.07) is 2.72.